The molecular weight excluding hydrogens is 262 g/mol. The van der Waals surface area contributed by atoms with Crippen LogP contribution in [0.3, 0.4) is 0 Å². The SMILES string of the molecule is CCCC1CCC(Nc2nc(NC)cn3ccnc23)CC1. The van der Waals surface area contributed by atoms with Crippen LogP contribution in [0.4, 0.5) is 11.6 Å². The molecule has 21 heavy (non-hydrogen) atoms. The molecule has 0 radical (unpaired) electrons. The minimum atomic E-state index is 0.526. The van der Waals surface area contributed by atoms with Crippen LogP contribution in [0, 0.1) is 5.92 Å². The number of nitrogens with zero attached hydrogens (tertiary/aromatic N) is 3. The van der Waals surface area contributed by atoms with Gasteiger partial charge in [-0.25, -0.2) is 9.97 Å². The zero-order valence-corrected chi connectivity index (χ0v) is 13.0. The van der Waals surface area contributed by atoms with Gasteiger partial charge in [-0.3, -0.25) is 0 Å². The van der Waals surface area contributed by atoms with E-state index < -0.39 is 0 Å². The topological polar surface area (TPSA) is 54.2 Å². The van der Waals surface area contributed by atoms with Crippen molar-refractivity contribution in [1.82, 2.24) is 14.4 Å². The summed E-state index contributed by atoms with van der Waals surface area (Å²) in [6.45, 7) is 2.28. The molecule has 5 heteroatoms. The number of hydrogen-bond acceptors (Lipinski definition) is 4. The van der Waals surface area contributed by atoms with Crippen LogP contribution in [-0.2, 0) is 0 Å². The standard InChI is InChI=1S/C16H25N5/c1-3-4-12-5-7-13(8-6-12)19-15-16-18-9-10-21(16)11-14(17-2)20-15/h9-13,17H,3-8H2,1-2H3,(H,19,20). The summed E-state index contributed by atoms with van der Waals surface area (Å²) in [7, 11) is 1.89. The highest BCUT2D eigenvalue weighted by atomic mass is 15.1. The lowest BCUT2D eigenvalue weighted by atomic mass is 9.83. The van der Waals surface area contributed by atoms with E-state index in [0.29, 0.717) is 6.04 Å². The lowest BCUT2D eigenvalue weighted by Gasteiger charge is -2.29. The molecule has 0 atom stereocenters. The Morgan fingerprint density at radius 2 is 2.10 bits per heavy atom. The van der Waals surface area contributed by atoms with Gasteiger partial charge in [-0.2, -0.15) is 0 Å². The third-order valence-corrected chi connectivity index (χ3v) is 4.51. The molecule has 1 aliphatic carbocycles. The highest BCUT2D eigenvalue weighted by Crippen LogP contribution is 2.30. The van der Waals surface area contributed by atoms with Crippen LogP contribution < -0.4 is 10.6 Å². The number of aromatic nitrogens is 3. The van der Waals surface area contributed by atoms with Crippen LogP contribution >= 0.6 is 0 Å². The average Bonchev–Trinajstić information content (AvgIpc) is 2.98. The maximum atomic E-state index is 4.64. The normalized spacial score (nSPS) is 22.4. The van der Waals surface area contributed by atoms with Gasteiger partial charge in [0.15, 0.2) is 11.5 Å². The summed E-state index contributed by atoms with van der Waals surface area (Å²) < 4.78 is 2.02. The number of hydrogen-bond donors (Lipinski definition) is 2. The van der Waals surface area contributed by atoms with Crippen molar-refractivity contribution in [2.24, 2.45) is 5.92 Å². The maximum Gasteiger partial charge on any atom is 0.180 e. The van der Waals surface area contributed by atoms with E-state index in [2.05, 4.69) is 27.5 Å². The van der Waals surface area contributed by atoms with Gasteiger partial charge >= 0.3 is 0 Å². The van der Waals surface area contributed by atoms with Crippen LogP contribution in [-0.4, -0.2) is 27.5 Å². The largest absolute Gasteiger partial charge is 0.372 e. The fourth-order valence-corrected chi connectivity index (χ4v) is 3.35. The highest BCUT2D eigenvalue weighted by molar-refractivity contribution is 5.65. The second kappa shape index (κ2) is 6.33. The number of nitrogens with one attached hydrogen (secondary N) is 2. The molecule has 0 saturated heterocycles. The van der Waals surface area contributed by atoms with E-state index in [1.165, 1.54) is 38.5 Å². The van der Waals surface area contributed by atoms with Gasteiger partial charge in [0.2, 0.25) is 0 Å². The van der Waals surface area contributed by atoms with Gasteiger partial charge in [-0.15, -0.1) is 0 Å². The third kappa shape index (κ3) is 3.12. The van der Waals surface area contributed by atoms with Gasteiger partial charge in [0.05, 0.1) is 6.20 Å². The van der Waals surface area contributed by atoms with Crippen LogP contribution in [0.5, 0.6) is 0 Å². The van der Waals surface area contributed by atoms with Gasteiger partial charge in [0.1, 0.15) is 5.82 Å². The second-order valence-corrected chi connectivity index (χ2v) is 6.03. The molecule has 1 saturated carbocycles. The van der Waals surface area contributed by atoms with E-state index in [1.54, 1.807) is 0 Å². The van der Waals surface area contributed by atoms with Crippen molar-refractivity contribution in [3.05, 3.63) is 18.6 Å². The summed E-state index contributed by atoms with van der Waals surface area (Å²) in [5.74, 6) is 2.68. The van der Waals surface area contributed by atoms with Crippen LogP contribution in [0.1, 0.15) is 45.4 Å². The van der Waals surface area contributed by atoms with Gasteiger partial charge in [0, 0.05) is 25.5 Å². The molecule has 1 aliphatic rings. The Hall–Kier alpha value is -1.78. The van der Waals surface area contributed by atoms with E-state index in [0.717, 1.165) is 23.2 Å². The van der Waals surface area contributed by atoms with Gasteiger partial charge < -0.3 is 15.0 Å². The van der Waals surface area contributed by atoms with Crippen LogP contribution in [0.2, 0.25) is 0 Å². The Morgan fingerprint density at radius 1 is 1.29 bits per heavy atom. The molecule has 1 fully saturated rings. The quantitative estimate of drug-likeness (QED) is 0.883. The van der Waals surface area contributed by atoms with Gasteiger partial charge in [-0.1, -0.05) is 19.8 Å². The molecule has 3 rings (SSSR count). The number of anilines is 2. The first-order valence-corrected chi connectivity index (χ1v) is 8.08. The summed E-state index contributed by atoms with van der Waals surface area (Å²) in [5, 5.41) is 6.72. The molecule has 0 bridgehead atoms. The first kappa shape index (κ1) is 14.2. The number of rotatable bonds is 5. The Balaban J connectivity index is 1.72. The van der Waals surface area contributed by atoms with E-state index in [1.807, 2.05) is 30.0 Å². The molecule has 2 aromatic heterocycles. The van der Waals surface area contributed by atoms with Crippen LogP contribution in [0.25, 0.3) is 5.65 Å². The Morgan fingerprint density at radius 3 is 2.81 bits per heavy atom. The van der Waals surface area contributed by atoms with Crippen molar-refractivity contribution >= 4 is 17.3 Å². The van der Waals surface area contributed by atoms with Gasteiger partial charge in [0.25, 0.3) is 0 Å². The van der Waals surface area contributed by atoms with Crippen molar-refractivity contribution < 1.29 is 0 Å². The minimum absolute atomic E-state index is 0.526. The maximum absolute atomic E-state index is 4.64. The fraction of sp³-hybridized carbons (Fsp3) is 0.625. The molecule has 2 N–H and O–H groups in total. The monoisotopic (exact) mass is 287 g/mol. The minimum Gasteiger partial charge on any atom is -0.372 e. The average molecular weight is 287 g/mol. The van der Waals surface area contributed by atoms with E-state index >= 15 is 0 Å². The number of imidazole rings is 1. The van der Waals surface area contributed by atoms with E-state index in [4.69, 9.17) is 0 Å². The van der Waals surface area contributed by atoms with Crippen molar-refractivity contribution in [2.45, 2.75) is 51.5 Å². The Kier molecular flexibility index (Phi) is 4.27. The number of fused-ring (bicyclic) bond motifs is 1. The summed E-state index contributed by atoms with van der Waals surface area (Å²) in [5.41, 5.74) is 0.907. The molecule has 0 spiro atoms. The predicted octanol–water partition coefficient (Wildman–Crippen LogP) is 3.54. The second-order valence-electron chi connectivity index (χ2n) is 6.03. The summed E-state index contributed by atoms with van der Waals surface area (Å²) in [4.78, 5) is 9.05. The Labute approximate surface area is 126 Å². The highest BCUT2D eigenvalue weighted by Gasteiger charge is 2.21. The molecule has 2 aromatic rings. The van der Waals surface area contributed by atoms with Crippen molar-refractivity contribution in [2.75, 3.05) is 17.7 Å². The van der Waals surface area contributed by atoms with Crippen LogP contribution in [0.15, 0.2) is 18.6 Å². The lowest BCUT2D eigenvalue weighted by Crippen LogP contribution is -2.27. The first-order chi connectivity index (χ1) is 10.3. The summed E-state index contributed by atoms with van der Waals surface area (Å²) in [6.07, 6.45) is 13.6. The molecule has 5 nitrogen and oxygen atoms in total. The molecule has 114 valence electrons. The summed E-state index contributed by atoms with van der Waals surface area (Å²) in [6, 6.07) is 0.526. The van der Waals surface area contributed by atoms with E-state index in [-0.39, 0.29) is 0 Å². The Bertz CT molecular complexity index is 583. The van der Waals surface area contributed by atoms with Crippen molar-refractivity contribution in [3.63, 3.8) is 0 Å². The molecule has 2 heterocycles. The van der Waals surface area contributed by atoms with Crippen molar-refractivity contribution in [1.29, 1.82) is 0 Å². The van der Waals surface area contributed by atoms with E-state index in [9.17, 15) is 0 Å². The first-order valence-electron chi connectivity index (χ1n) is 8.08. The van der Waals surface area contributed by atoms with Crippen molar-refractivity contribution in [3.8, 4) is 0 Å². The predicted molar refractivity (Wildman–Crippen MR) is 86.8 cm³/mol. The third-order valence-electron chi connectivity index (χ3n) is 4.51. The zero-order chi connectivity index (χ0) is 14.7. The molecular formula is C16H25N5. The molecule has 0 unspecified atom stereocenters. The fourth-order valence-electron chi connectivity index (χ4n) is 3.35. The van der Waals surface area contributed by atoms with Gasteiger partial charge in [-0.05, 0) is 31.6 Å². The lowest BCUT2D eigenvalue weighted by molar-refractivity contribution is 0.318. The molecule has 0 aliphatic heterocycles. The summed E-state index contributed by atoms with van der Waals surface area (Å²) >= 11 is 0. The molecule has 0 aromatic carbocycles. The molecule has 0 amide bonds. The zero-order valence-electron chi connectivity index (χ0n) is 13.0. The smallest absolute Gasteiger partial charge is 0.180 e.